The van der Waals surface area contributed by atoms with E-state index in [0.29, 0.717) is 5.92 Å². The summed E-state index contributed by atoms with van der Waals surface area (Å²) < 4.78 is 27.0. The monoisotopic (exact) mass is 283 g/mol. The van der Waals surface area contributed by atoms with Gasteiger partial charge in [-0.25, -0.2) is 13.1 Å². The topological polar surface area (TPSA) is 66.4 Å². The third-order valence-electron chi connectivity index (χ3n) is 3.75. The molecule has 0 radical (unpaired) electrons. The Kier molecular flexibility index (Phi) is 4.60. The molecule has 0 heterocycles. The summed E-state index contributed by atoms with van der Waals surface area (Å²) >= 11 is 0. The van der Waals surface area contributed by atoms with Gasteiger partial charge in [0.05, 0.1) is 12.4 Å². The molecular weight excluding hydrogens is 262 g/mol. The van der Waals surface area contributed by atoms with E-state index in [1.165, 1.54) is 0 Å². The van der Waals surface area contributed by atoms with E-state index < -0.39 is 10.0 Å². The van der Waals surface area contributed by atoms with Crippen molar-refractivity contribution in [2.24, 2.45) is 5.92 Å². The molecule has 0 aliphatic heterocycles. The molecule has 106 valence electrons. The van der Waals surface area contributed by atoms with E-state index in [1.807, 2.05) is 0 Å². The summed E-state index contributed by atoms with van der Waals surface area (Å²) in [5, 5.41) is 8.95. The first-order valence-electron chi connectivity index (χ1n) is 6.69. The van der Waals surface area contributed by atoms with E-state index >= 15 is 0 Å². The average molecular weight is 283 g/mol. The lowest BCUT2D eigenvalue weighted by Gasteiger charge is -2.17. The number of sulfonamides is 1. The lowest BCUT2D eigenvalue weighted by atomic mass is 10.1. The third kappa shape index (κ3) is 4.03. The number of aliphatic hydroxyl groups excluding tert-OH is 1. The lowest BCUT2D eigenvalue weighted by molar-refractivity contribution is 0.282. The predicted molar refractivity (Wildman–Crippen MR) is 74.9 cm³/mol. The van der Waals surface area contributed by atoms with Crippen molar-refractivity contribution in [3.8, 4) is 0 Å². The summed E-state index contributed by atoms with van der Waals surface area (Å²) in [6.07, 6.45) is 3.13. The Labute approximate surface area is 114 Å². The highest BCUT2D eigenvalue weighted by Gasteiger charge is 2.27. The third-order valence-corrected chi connectivity index (χ3v) is 5.13. The standard InChI is InChI=1S/C14H21NO3S/c1-11-3-2-4-14(11)15-19(17,18)10-13-7-5-12(9-16)6-8-13/h5-8,11,14-16H,2-4,9-10H2,1H3. The van der Waals surface area contributed by atoms with Gasteiger partial charge in [-0.2, -0.15) is 0 Å². The number of aliphatic hydroxyl groups is 1. The fourth-order valence-corrected chi connectivity index (χ4v) is 4.08. The zero-order chi connectivity index (χ0) is 13.9. The van der Waals surface area contributed by atoms with Crippen LogP contribution in [-0.2, 0) is 22.4 Å². The predicted octanol–water partition coefficient (Wildman–Crippen LogP) is 1.79. The fourth-order valence-electron chi connectivity index (χ4n) is 2.55. The Bertz CT molecular complexity index is 510. The molecule has 4 nitrogen and oxygen atoms in total. The Hall–Kier alpha value is -0.910. The highest BCUT2D eigenvalue weighted by Crippen LogP contribution is 2.25. The van der Waals surface area contributed by atoms with Crippen molar-refractivity contribution in [1.29, 1.82) is 0 Å². The van der Waals surface area contributed by atoms with Crippen LogP contribution < -0.4 is 4.72 Å². The molecule has 0 aromatic heterocycles. The largest absolute Gasteiger partial charge is 0.392 e. The second kappa shape index (κ2) is 6.03. The van der Waals surface area contributed by atoms with Crippen molar-refractivity contribution in [2.75, 3.05) is 0 Å². The van der Waals surface area contributed by atoms with Gasteiger partial charge in [-0.05, 0) is 29.9 Å². The molecule has 5 heteroatoms. The van der Waals surface area contributed by atoms with Gasteiger partial charge in [-0.1, -0.05) is 37.6 Å². The highest BCUT2D eigenvalue weighted by atomic mass is 32.2. The Morgan fingerprint density at radius 2 is 1.84 bits per heavy atom. The molecule has 0 bridgehead atoms. The summed E-state index contributed by atoms with van der Waals surface area (Å²) in [5.41, 5.74) is 1.54. The van der Waals surface area contributed by atoms with Crippen molar-refractivity contribution in [3.63, 3.8) is 0 Å². The lowest BCUT2D eigenvalue weighted by Crippen LogP contribution is -2.37. The fraction of sp³-hybridized carbons (Fsp3) is 0.571. The van der Waals surface area contributed by atoms with Crippen LogP contribution in [0.4, 0.5) is 0 Å². The van der Waals surface area contributed by atoms with Gasteiger partial charge in [0, 0.05) is 6.04 Å². The number of hydrogen-bond donors (Lipinski definition) is 2. The second-order valence-corrected chi connectivity index (χ2v) is 7.12. The van der Waals surface area contributed by atoms with Crippen molar-refractivity contribution < 1.29 is 13.5 Å². The van der Waals surface area contributed by atoms with Crippen molar-refractivity contribution in [2.45, 2.75) is 44.6 Å². The summed E-state index contributed by atoms with van der Waals surface area (Å²) in [6.45, 7) is 2.07. The van der Waals surface area contributed by atoms with Crippen LogP contribution in [0.2, 0.25) is 0 Å². The molecule has 2 atom stereocenters. The van der Waals surface area contributed by atoms with E-state index in [0.717, 1.165) is 30.4 Å². The molecule has 1 saturated carbocycles. The van der Waals surface area contributed by atoms with Crippen LogP contribution in [0.3, 0.4) is 0 Å². The van der Waals surface area contributed by atoms with E-state index in [-0.39, 0.29) is 18.4 Å². The molecule has 1 aromatic rings. The van der Waals surface area contributed by atoms with Gasteiger partial charge in [0.1, 0.15) is 0 Å². The van der Waals surface area contributed by atoms with Crippen LogP contribution in [0.15, 0.2) is 24.3 Å². The molecule has 0 saturated heterocycles. The Balaban J connectivity index is 1.99. The minimum Gasteiger partial charge on any atom is -0.392 e. The van der Waals surface area contributed by atoms with Crippen molar-refractivity contribution in [3.05, 3.63) is 35.4 Å². The molecule has 19 heavy (non-hydrogen) atoms. The maximum absolute atomic E-state index is 12.1. The molecule has 2 N–H and O–H groups in total. The molecule has 1 fully saturated rings. The first kappa shape index (κ1) is 14.5. The molecular formula is C14H21NO3S. The molecule has 1 aromatic carbocycles. The molecule has 0 spiro atoms. The molecule has 0 amide bonds. The first-order chi connectivity index (χ1) is 9.00. The van der Waals surface area contributed by atoms with Crippen LogP contribution in [0.25, 0.3) is 0 Å². The Morgan fingerprint density at radius 1 is 1.21 bits per heavy atom. The van der Waals surface area contributed by atoms with Gasteiger partial charge in [0.15, 0.2) is 0 Å². The summed E-state index contributed by atoms with van der Waals surface area (Å²) in [5.74, 6) is 0.425. The van der Waals surface area contributed by atoms with Crippen LogP contribution in [0, 0.1) is 5.92 Å². The molecule has 1 aliphatic rings. The molecule has 2 unspecified atom stereocenters. The zero-order valence-corrected chi connectivity index (χ0v) is 12.0. The van der Waals surface area contributed by atoms with E-state index in [2.05, 4.69) is 11.6 Å². The quantitative estimate of drug-likeness (QED) is 0.865. The van der Waals surface area contributed by atoms with Gasteiger partial charge in [0.25, 0.3) is 0 Å². The zero-order valence-electron chi connectivity index (χ0n) is 11.2. The average Bonchev–Trinajstić information content (AvgIpc) is 2.75. The van der Waals surface area contributed by atoms with E-state index in [1.54, 1.807) is 24.3 Å². The minimum absolute atomic E-state index is 0.00191. The van der Waals surface area contributed by atoms with Gasteiger partial charge < -0.3 is 5.11 Å². The normalized spacial score (nSPS) is 23.7. The maximum atomic E-state index is 12.1. The summed E-state index contributed by atoms with van der Waals surface area (Å²) in [6, 6.07) is 7.10. The van der Waals surface area contributed by atoms with Crippen molar-refractivity contribution in [1.82, 2.24) is 4.72 Å². The first-order valence-corrected chi connectivity index (χ1v) is 8.34. The summed E-state index contributed by atoms with van der Waals surface area (Å²) in [4.78, 5) is 0. The van der Waals surface area contributed by atoms with Gasteiger partial charge in [-0.15, -0.1) is 0 Å². The van der Waals surface area contributed by atoms with Crippen LogP contribution in [-0.4, -0.2) is 19.6 Å². The van der Waals surface area contributed by atoms with Gasteiger partial charge in [-0.3, -0.25) is 0 Å². The maximum Gasteiger partial charge on any atom is 0.216 e. The highest BCUT2D eigenvalue weighted by molar-refractivity contribution is 7.88. The Morgan fingerprint density at radius 3 is 2.37 bits per heavy atom. The number of nitrogens with one attached hydrogen (secondary N) is 1. The molecule has 1 aliphatic carbocycles. The van der Waals surface area contributed by atoms with E-state index in [4.69, 9.17) is 5.11 Å². The number of benzene rings is 1. The summed E-state index contributed by atoms with van der Waals surface area (Å²) in [7, 11) is -3.28. The SMILES string of the molecule is CC1CCCC1NS(=O)(=O)Cc1ccc(CO)cc1. The number of rotatable bonds is 5. The van der Waals surface area contributed by atoms with Crippen molar-refractivity contribution >= 4 is 10.0 Å². The minimum atomic E-state index is -3.28. The van der Waals surface area contributed by atoms with Crippen LogP contribution >= 0.6 is 0 Å². The number of hydrogen-bond acceptors (Lipinski definition) is 3. The van der Waals surface area contributed by atoms with Gasteiger partial charge >= 0.3 is 0 Å². The molecule has 2 rings (SSSR count). The van der Waals surface area contributed by atoms with Crippen LogP contribution in [0.1, 0.15) is 37.3 Å². The van der Waals surface area contributed by atoms with Gasteiger partial charge in [0.2, 0.25) is 10.0 Å². The van der Waals surface area contributed by atoms with Crippen LogP contribution in [0.5, 0.6) is 0 Å². The second-order valence-electron chi connectivity index (χ2n) is 5.37. The smallest absolute Gasteiger partial charge is 0.216 e. The van der Waals surface area contributed by atoms with E-state index in [9.17, 15) is 8.42 Å².